The predicted octanol–water partition coefficient (Wildman–Crippen LogP) is 5.77. The third kappa shape index (κ3) is 5.90. The van der Waals surface area contributed by atoms with E-state index in [-0.39, 0.29) is 12.3 Å². The molecule has 4 aromatic rings. The number of fused-ring (bicyclic) bond motifs is 1. The largest absolute Gasteiger partial charge is 0.493 e. The van der Waals surface area contributed by atoms with Gasteiger partial charge in [-0.15, -0.1) is 0 Å². The minimum Gasteiger partial charge on any atom is -0.493 e. The van der Waals surface area contributed by atoms with Gasteiger partial charge in [0, 0.05) is 5.02 Å². The minimum absolute atomic E-state index is 0.183. The second-order valence-corrected chi connectivity index (χ2v) is 7.87. The summed E-state index contributed by atoms with van der Waals surface area (Å²) >= 11 is 5.92. The summed E-state index contributed by atoms with van der Waals surface area (Å²) < 4.78 is 11.3. The van der Waals surface area contributed by atoms with Gasteiger partial charge in [-0.1, -0.05) is 66.2 Å². The quantitative estimate of drug-likeness (QED) is 0.269. The molecule has 0 aliphatic rings. The van der Waals surface area contributed by atoms with Crippen molar-refractivity contribution in [3.05, 3.63) is 107 Å². The molecule has 0 aromatic heterocycles. The fourth-order valence-corrected chi connectivity index (χ4v) is 3.59. The first-order chi connectivity index (χ1) is 16.1. The monoisotopic (exact) mass is 458 g/mol. The van der Waals surface area contributed by atoms with Crippen molar-refractivity contribution >= 4 is 34.5 Å². The third-order valence-electron chi connectivity index (χ3n) is 5.13. The third-order valence-corrected chi connectivity index (χ3v) is 5.38. The Hall–Kier alpha value is -3.83. The number of hydrazone groups is 1. The summed E-state index contributed by atoms with van der Waals surface area (Å²) in [5.41, 5.74) is 5.33. The second-order valence-electron chi connectivity index (χ2n) is 7.43. The molecule has 1 amide bonds. The van der Waals surface area contributed by atoms with Crippen molar-refractivity contribution in [3.8, 4) is 11.5 Å². The van der Waals surface area contributed by atoms with Gasteiger partial charge in [0.05, 0.1) is 19.7 Å². The van der Waals surface area contributed by atoms with Crippen molar-refractivity contribution in [1.82, 2.24) is 5.43 Å². The predicted molar refractivity (Wildman–Crippen MR) is 132 cm³/mol. The number of methoxy groups -OCH3 is 1. The number of hydrogen-bond acceptors (Lipinski definition) is 4. The average molecular weight is 459 g/mol. The van der Waals surface area contributed by atoms with E-state index >= 15 is 0 Å². The highest BCUT2D eigenvalue weighted by Crippen LogP contribution is 2.28. The highest BCUT2D eigenvalue weighted by Gasteiger charge is 2.08. The van der Waals surface area contributed by atoms with E-state index in [0.717, 1.165) is 27.5 Å². The first-order valence-electron chi connectivity index (χ1n) is 10.5. The number of rotatable bonds is 8. The number of nitrogens with one attached hydrogen (secondary N) is 1. The van der Waals surface area contributed by atoms with Crippen LogP contribution in [0.1, 0.15) is 16.7 Å². The molecule has 5 nitrogen and oxygen atoms in total. The maximum atomic E-state index is 12.4. The number of ether oxygens (including phenoxy) is 2. The molecule has 0 unspecified atom stereocenters. The molecule has 1 N–H and O–H groups in total. The fraction of sp³-hybridized carbons (Fsp3) is 0.111. The van der Waals surface area contributed by atoms with Crippen LogP contribution in [0.4, 0.5) is 0 Å². The highest BCUT2D eigenvalue weighted by atomic mass is 35.5. The molecule has 0 atom stereocenters. The van der Waals surface area contributed by atoms with Crippen LogP contribution in [0, 0.1) is 0 Å². The van der Waals surface area contributed by atoms with Crippen molar-refractivity contribution in [2.45, 2.75) is 13.0 Å². The second kappa shape index (κ2) is 10.7. The molecule has 4 rings (SSSR count). The first kappa shape index (κ1) is 22.4. The molecule has 0 fully saturated rings. The van der Waals surface area contributed by atoms with Crippen LogP contribution >= 0.6 is 11.6 Å². The van der Waals surface area contributed by atoms with Gasteiger partial charge in [0.15, 0.2) is 11.5 Å². The smallest absolute Gasteiger partial charge is 0.244 e. The summed E-state index contributed by atoms with van der Waals surface area (Å²) in [7, 11) is 1.58. The minimum atomic E-state index is -0.183. The van der Waals surface area contributed by atoms with Gasteiger partial charge in [0.25, 0.3) is 0 Å². The molecule has 6 heteroatoms. The lowest BCUT2D eigenvalue weighted by Gasteiger charge is -2.11. The molecule has 4 aromatic carbocycles. The Kier molecular flexibility index (Phi) is 7.22. The number of hydrogen-bond donors (Lipinski definition) is 1. The zero-order valence-electron chi connectivity index (χ0n) is 18.1. The molecule has 33 heavy (non-hydrogen) atoms. The summed E-state index contributed by atoms with van der Waals surface area (Å²) in [6, 6.07) is 26.9. The van der Waals surface area contributed by atoms with Gasteiger partial charge >= 0.3 is 0 Å². The van der Waals surface area contributed by atoms with E-state index in [1.165, 1.54) is 0 Å². The van der Waals surface area contributed by atoms with E-state index in [9.17, 15) is 4.79 Å². The molecule has 166 valence electrons. The summed E-state index contributed by atoms with van der Waals surface area (Å²) in [5.74, 6) is 1.01. The molecule has 0 saturated heterocycles. The van der Waals surface area contributed by atoms with E-state index < -0.39 is 0 Å². The zero-order valence-corrected chi connectivity index (χ0v) is 18.9. The van der Waals surface area contributed by atoms with Gasteiger partial charge in [0.1, 0.15) is 6.61 Å². The van der Waals surface area contributed by atoms with E-state index in [1.807, 2.05) is 78.9 Å². The fourth-order valence-electron chi connectivity index (χ4n) is 3.46. The average Bonchev–Trinajstić information content (AvgIpc) is 2.84. The van der Waals surface area contributed by atoms with Crippen LogP contribution in [-0.4, -0.2) is 19.2 Å². The first-order valence-corrected chi connectivity index (χ1v) is 10.8. The summed E-state index contributed by atoms with van der Waals surface area (Å²) in [6.07, 6.45) is 1.83. The van der Waals surface area contributed by atoms with Crippen molar-refractivity contribution in [2.24, 2.45) is 5.10 Å². The summed E-state index contributed by atoms with van der Waals surface area (Å²) in [5, 5.41) is 6.95. The van der Waals surface area contributed by atoms with Crippen LogP contribution in [0.5, 0.6) is 11.5 Å². The Bertz CT molecular complexity index is 1280. The van der Waals surface area contributed by atoms with Gasteiger partial charge in [-0.25, -0.2) is 5.43 Å². The SMILES string of the molecule is COc1cc(C=NNC(=O)Cc2cccc3ccccc23)ccc1OCc1ccc(Cl)cc1. The van der Waals surface area contributed by atoms with Crippen LogP contribution in [0.2, 0.25) is 5.02 Å². The van der Waals surface area contributed by atoms with Crippen LogP contribution in [-0.2, 0) is 17.8 Å². The number of benzene rings is 4. The number of halogens is 1. The lowest BCUT2D eigenvalue weighted by Crippen LogP contribution is -2.19. The number of carbonyl (C=O) groups excluding carboxylic acids is 1. The van der Waals surface area contributed by atoms with Gasteiger partial charge in [-0.2, -0.15) is 5.10 Å². The van der Waals surface area contributed by atoms with Gasteiger partial charge in [-0.05, 0) is 57.8 Å². The van der Waals surface area contributed by atoms with E-state index in [4.69, 9.17) is 21.1 Å². The molecule has 0 spiro atoms. The van der Waals surface area contributed by atoms with Crippen LogP contribution in [0.25, 0.3) is 10.8 Å². The summed E-state index contributed by atoms with van der Waals surface area (Å²) in [6.45, 7) is 0.394. The Morgan fingerprint density at radius 1 is 0.970 bits per heavy atom. The molecule has 0 aliphatic carbocycles. The molecule has 0 bridgehead atoms. The molecule has 0 aliphatic heterocycles. The van der Waals surface area contributed by atoms with Crippen LogP contribution in [0.15, 0.2) is 90.0 Å². The van der Waals surface area contributed by atoms with Gasteiger partial charge < -0.3 is 9.47 Å². The van der Waals surface area contributed by atoms with Crippen LogP contribution in [0.3, 0.4) is 0 Å². The maximum absolute atomic E-state index is 12.4. The zero-order chi connectivity index (χ0) is 23.0. The van der Waals surface area contributed by atoms with Crippen LogP contribution < -0.4 is 14.9 Å². The number of amides is 1. The molecular weight excluding hydrogens is 436 g/mol. The highest BCUT2D eigenvalue weighted by molar-refractivity contribution is 6.30. The lowest BCUT2D eigenvalue weighted by molar-refractivity contribution is -0.120. The van der Waals surface area contributed by atoms with Crippen molar-refractivity contribution in [1.29, 1.82) is 0 Å². The molecule has 0 heterocycles. The maximum Gasteiger partial charge on any atom is 0.244 e. The Morgan fingerprint density at radius 2 is 1.76 bits per heavy atom. The topological polar surface area (TPSA) is 59.9 Å². The Labute approximate surface area is 197 Å². The molecule has 0 saturated carbocycles. The van der Waals surface area contributed by atoms with Crippen molar-refractivity contribution in [2.75, 3.05) is 7.11 Å². The van der Waals surface area contributed by atoms with E-state index in [2.05, 4.69) is 10.5 Å². The Morgan fingerprint density at radius 3 is 2.58 bits per heavy atom. The molecular formula is C27H23ClN2O3. The standard InChI is InChI=1S/C27H23ClN2O3/c1-32-26-15-20(11-14-25(26)33-18-19-9-12-23(28)13-10-19)17-29-30-27(31)16-22-7-4-6-21-5-2-3-8-24(21)22/h2-15,17H,16,18H2,1H3,(H,30,31). The molecule has 0 radical (unpaired) electrons. The Balaban J connectivity index is 1.36. The van der Waals surface area contributed by atoms with E-state index in [0.29, 0.717) is 23.1 Å². The normalized spacial score (nSPS) is 11.0. The number of nitrogens with zero attached hydrogens (tertiary/aromatic N) is 1. The number of carbonyl (C=O) groups is 1. The van der Waals surface area contributed by atoms with Gasteiger partial charge in [0.2, 0.25) is 5.91 Å². The van der Waals surface area contributed by atoms with Crippen molar-refractivity contribution < 1.29 is 14.3 Å². The van der Waals surface area contributed by atoms with Crippen molar-refractivity contribution in [3.63, 3.8) is 0 Å². The summed E-state index contributed by atoms with van der Waals surface area (Å²) in [4.78, 5) is 12.4. The van der Waals surface area contributed by atoms with Gasteiger partial charge in [-0.3, -0.25) is 4.79 Å². The lowest BCUT2D eigenvalue weighted by atomic mass is 10.0. The van der Waals surface area contributed by atoms with E-state index in [1.54, 1.807) is 19.4 Å².